The molecule has 132 valence electrons. The Balaban J connectivity index is 1.58. The van der Waals surface area contributed by atoms with Crippen LogP contribution in [-0.4, -0.2) is 16.4 Å². The lowest BCUT2D eigenvalue weighted by atomic mass is 10.0. The monoisotopic (exact) mass is 404 g/mol. The maximum atomic E-state index is 12.8. The summed E-state index contributed by atoms with van der Waals surface area (Å²) >= 11 is 8.78. The van der Waals surface area contributed by atoms with Crippen LogP contribution in [-0.2, 0) is 4.84 Å². The fourth-order valence-electron chi connectivity index (χ4n) is 2.21. The summed E-state index contributed by atoms with van der Waals surface area (Å²) in [5.41, 5.74) is 1.63. The van der Waals surface area contributed by atoms with Crippen LogP contribution >= 0.6 is 34.7 Å². The van der Waals surface area contributed by atoms with Crippen molar-refractivity contribution in [3.63, 3.8) is 0 Å². The topological polar surface area (TPSA) is 34.5 Å². The molecule has 1 aromatic heterocycles. The molecule has 0 fully saturated rings. The normalized spacial score (nSPS) is 16.5. The Bertz CT molecular complexity index is 821. The predicted molar refractivity (Wildman–Crippen MR) is 94.2 cm³/mol. The van der Waals surface area contributed by atoms with Crippen LogP contribution in [0.15, 0.2) is 51.9 Å². The lowest BCUT2D eigenvalue weighted by molar-refractivity contribution is 0.0858. The van der Waals surface area contributed by atoms with Gasteiger partial charge in [0, 0.05) is 35.4 Å². The summed E-state index contributed by atoms with van der Waals surface area (Å²) in [4.78, 5) is 10.5. The van der Waals surface area contributed by atoms with Gasteiger partial charge in [-0.15, -0.1) is 11.3 Å². The highest BCUT2D eigenvalue weighted by Gasteiger charge is 2.26. The summed E-state index contributed by atoms with van der Waals surface area (Å²) in [6.45, 7) is 0. The Morgan fingerprint density at radius 3 is 2.88 bits per heavy atom. The molecule has 0 spiro atoms. The molecule has 0 saturated heterocycles. The molecule has 1 atom stereocenters. The van der Waals surface area contributed by atoms with Crippen LogP contribution in [0.2, 0.25) is 5.02 Å². The van der Waals surface area contributed by atoms with E-state index in [-0.39, 0.29) is 18.3 Å². The van der Waals surface area contributed by atoms with Crippen LogP contribution in [0.1, 0.15) is 29.4 Å². The highest BCUT2D eigenvalue weighted by atomic mass is 35.5. The van der Waals surface area contributed by atoms with Crippen molar-refractivity contribution >= 4 is 40.4 Å². The van der Waals surface area contributed by atoms with Gasteiger partial charge in [0.1, 0.15) is 10.1 Å². The second-order valence-electron chi connectivity index (χ2n) is 5.11. The van der Waals surface area contributed by atoms with Crippen molar-refractivity contribution in [1.29, 1.82) is 0 Å². The second-order valence-corrected chi connectivity index (χ2v) is 7.89. The quantitative estimate of drug-likeness (QED) is 0.536. The number of thioether (sulfide) groups is 1. The Morgan fingerprint density at radius 1 is 1.32 bits per heavy atom. The first kappa shape index (κ1) is 18.3. The first-order chi connectivity index (χ1) is 12.0. The third kappa shape index (κ3) is 4.56. The van der Waals surface area contributed by atoms with E-state index in [1.165, 1.54) is 23.1 Å². The molecular formula is C16H12ClF3N2OS2. The lowest BCUT2D eigenvalue weighted by Gasteiger charge is -2.09. The van der Waals surface area contributed by atoms with E-state index >= 15 is 0 Å². The summed E-state index contributed by atoms with van der Waals surface area (Å²) in [7, 11) is 0. The Kier molecular flexibility index (Phi) is 6.03. The van der Waals surface area contributed by atoms with E-state index in [1.54, 1.807) is 12.3 Å². The minimum atomic E-state index is -2.26. The Hall–Kier alpha value is -1.51. The number of halogens is 4. The molecular weight excluding hydrogens is 393 g/mol. The number of benzene rings is 1. The molecule has 1 aromatic carbocycles. The van der Waals surface area contributed by atoms with Crippen LogP contribution < -0.4 is 0 Å². The average molecular weight is 405 g/mol. The first-order valence-electron chi connectivity index (χ1n) is 7.30. The molecule has 0 radical (unpaired) electrons. The number of thiazole rings is 1. The largest absolute Gasteiger partial charge is 0.387 e. The van der Waals surface area contributed by atoms with Gasteiger partial charge in [-0.1, -0.05) is 46.7 Å². The van der Waals surface area contributed by atoms with E-state index in [1.807, 2.05) is 18.2 Å². The van der Waals surface area contributed by atoms with Gasteiger partial charge in [-0.3, -0.25) is 0 Å². The maximum Gasteiger partial charge on any atom is 0.301 e. The summed E-state index contributed by atoms with van der Waals surface area (Å²) in [5.74, 6) is -1.18. The maximum absolute atomic E-state index is 12.8. The van der Waals surface area contributed by atoms with E-state index in [4.69, 9.17) is 16.4 Å². The summed E-state index contributed by atoms with van der Waals surface area (Å²) in [5, 5.41) is 4.73. The highest BCUT2D eigenvalue weighted by molar-refractivity contribution is 8.01. The highest BCUT2D eigenvalue weighted by Crippen LogP contribution is 2.35. The molecule has 2 heterocycles. The van der Waals surface area contributed by atoms with E-state index in [9.17, 15) is 13.2 Å². The molecule has 0 aliphatic carbocycles. The van der Waals surface area contributed by atoms with E-state index < -0.39 is 11.9 Å². The third-order valence-corrected chi connectivity index (χ3v) is 5.99. The summed E-state index contributed by atoms with van der Waals surface area (Å²) in [6, 6.07) is 7.43. The third-order valence-electron chi connectivity index (χ3n) is 3.44. The van der Waals surface area contributed by atoms with Gasteiger partial charge < -0.3 is 4.84 Å². The zero-order chi connectivity index (χ0) is 17.8. The Morgan fingerprint density at radius 2 is 2.12 bits per heavy atom. The van der Waals surface area contributed by atoms with Crippen molar-refractivity contribution < 1.29 is 18.0 Å². The molecule has 0 amide bonds. The molecule has 9 heteroatoms. The molecule has 0 saturated carbocycles. The van der Waals surface area contributed by atoms with Crippen LogP contribution in [0.5, 0.6) is 0 Å². The zero-order valence-electron chi connectivity index (χ0n) is 12.7. The van der Waals surface area contributed by atoms with Gasteiger partial charge >= 0.3 is 6.08 Å². The molecule has 3 nitrogen and oxygen atoms in total. The van der Waals surface area contributed by atoms with E-state index in [0.717, 1.165) is 16.2 Å². The van der Waals surface area contributed by atoms with Crippen LogP contribution in [0.25, 0.3) is 0 Å². The van der Waals surface area contributed by atoms with Crippen molar-refractivity contribution in [3.8, 4) is 0 Å². The van der Waals surface area contributed by atoms with Gasteiger partial charge in [-0.25, -0.2) is 9.37 Å². The standard InChI is InChI=1S/C16H12ClF3N2OS2/c17-10-4-2-1-3-9(10)13-7-12(22-23-13)14-8-21-16(25-14)24-6-5-11(18)15(19)20/h1-4,8,13H,5-7H2. The molecule has 1 aliphatic heterocycles. The SMILES string of the molecule is FC(F)=C(F)CCSc1ncc(C2=NOC(c3ccccc3Cl)C2)s1. The summed E-state index contributed by atoms with van der Waals surface area (Å²) < 4.78 is 37.5. The van der Waals surface area contributed by atoms with Gasteiger partial charge in [-0.05, 0) is 6.07 Å². The van der Waals surface area contributed by atoms with Crippen molar-refractivity contribution in [2.24, 2.45) is 5.16 Å². The smallest absolute Gasteiger partial charge is 0.301 e. The van der Waals surface area contributed by atoms with Gasteiger partial charge in [0.05, 0.1) is 4.88 Å². The molecule has 1 unspecified atom stereocenters. The number of nitrogens with zero attached hydrogens (tertiary/aromatic N) is 2. The van der Waals surface area contributed by atoms with Crippen LogP contribution in [0.4, 0.5) is 13.2 Å². The molecule has 1 aliphatic rings. The van der Waals surface area contributed by atoms with Gasteiger partial charge in [0.25, 0.3) is 0 Å². The zero-order valence-corrected chi connectivity index (χ0v) is 15.1. The Labute approximate surface area is 155 Å². The lowest BCUT2D eigenvalue weighted by Crippen LogP contribution is -2.00. The van der Waals surface area contributed by atoms with Crippen LogP contribution in [0.3, 0.4) is 0 Å². The fraction of sp³-hybridized carbons (Fsp3) is 0.250. The first-order valence-corrected chi connectivity index (χ1v) is 9.48. The average Bonchev–Trinajstić information content (AvgIpc) is 3.24. The molecule has 2 aromatic rings. The summed E-state index contributed by atoms with van der Waals surface area (Å²) in [6.07, 6.45) is -0.593. The number of hydrogen-bond acceptors (Lipinski definition) is 5. The van der Waals surface area contributed by atoms with Crippen molar-refractivity contribution in [2.45, 2.75) is 23.3 Å². The molecule has 25 heavy (non-hydrogen) atoms. The van der Waals surface area contributed by atoms with Gasteiger partial charge in [0.15, 0.2) is 11.9 Å². The molecule has 0 N–H and O–H groups in total. The molecule has 3 rings (SSSR count). The number of allylic oxidation sites excluding steroid dienone is 1. The molecule has 0 bridgehead atoms. The number of aromatic nitrogens is 1. The van der Waals surface area contributed by atoms with Crippen molar-refractivity contribution in [2.75, 3.05) is 5.75 Å². The van der Waals surface area contributed by atoms with E-state index in [2.05, 4.69) is 10.1 Å². The predicted octanol–water partition coefficient (Wildman–Crippen LogP) is 6.22. The number of hydrogen-bond donors (Lipinski definition) is 0. The van der Waals surface area contributed by atoms with Crippen molar-refractivity contribution in [1.82, 2.24) is 4.98 Å². The minimum absolute atomic E-state index is 0.196. The van der Waals surface area contributed by atoms with Crippen LogP contribution in [0, 0.1) is 0 Å². The minimum Gasteiger partial charge on any atom is -0.387 e. The fourth-order valence-corrected chi connectivity index (χ4v) is 4.44. The second kappa shape index (κ2) is 8.25. The number of rotatable bonds is 6. The van der Waals surface area contributed by atoms with Gasteiger partial charge in [-0.2, -0.15) is 8.78 Å². The van der Waals surface area contributed by atoms with E-state index in [0.29, 0.717) is 15.8 Å². The number of oxime groups is 1. The van der Waals surface area contributed by atoms with Crippen molar-refractivity contribution in [3.05, 3.63) is 57.8 Å². The van der Waals surface area contributed by atoms with Gasteiger partial charge in [0.2, 0.25) is 0 Å².